The summed E-state index contributed by atoms with van der Waals surface area (Å²) in [5.74, 6) is -2.05. The van der Waals surface area contributed by atoms with Gasteiger partial charge in [0.25, 0.3) is 5.91 Å². The molecule has 1 amide bonds. The molecule has 0 N–H and O–H groups in total. The molecule has 2 aromatic carbocycles. The minimum atomic E-state index is -4.64. The Hall–Kier alpha value is -2.81. The molecule has 2 aliphatic rings. The summed E-state index contributed by atoms with van der Waals surface area (Å²) >= 11 is 0. The molecule has 9 heteroatoms. The molecule has 2 saturated heterocycles. The number of Topliss-reactive ketones (excluding diaryl/α,β-unsaturated/α-hetero) is 1. The zero-order valence-electron chi connectivity index (χ0n) is 17.0. The van der Waals surface area contributed by atoms with Crippen molar-refractivity contribution < 1.29 is 36.3 Å². The molecule has 4 nitrogen and oxygen atoms in total. The largest absolute Gasteiger partial charge is 0.416 e. The van der Waals surface area contributed by atoms with Crippen LogP contribution in [-0.4, -0.2) is 35.3 Å². The number of hydrogen-bond acceptors (Lipinski definition) is 3. The van der Waals surface area contributed by atoms with E-state index in [0.29, 0.717) is 5.56 Å². The van der Waals surface area contributed by atoms with E-state index in [1.165, 1.54) is 23.1 Å². The number of ether oxygens (including phenoxy) is 1. The predicted octanol–water partition coefficient (Wildman–Crippen LogP) is 4.73. The Labute approximate surface area is 181 Å². The fourth-order valence-electron chi connectivity index (χ4n) is 4.58. The summed E-state index contributed by atoms with van der Waals surface area (Å²) in [4.78, 5) is 25.6. The summed E-state index contributed by atoms with van der Waals surface area (Å²) in [6.07, 6.45) is -6.13. The third kappa shape index (κ3) is 4.13. The molecule has 4 rings (SSSR count). The highest BCUT2D eigenvalue weighted by Crippen LogP contribution is 2.42. The lowest BCUT2D eigenvalue weighted by molar-refractivity contribution is -0.140. The van der Waals surface area contributed by atoms with Crippen molar-refractivity contribution in [3.63, 3.8) is 0 Å². The molecule has 0 bridgehead atoms. The second-order valence-corrected chi connectivity index (χ2v) is 8.14. The van der Waals surface area contributed by atoms with Crippen molar-refractivity contribution in [3.05, 3.63) is 70.5 Å². The molecule has 170 valence electrons. The van der Waals surface area contributed by atoms with Crippen molar-refractivity contribution in [2.45, 2.75) is 50.4 Å². The zero-order valence-corrected chi connectivity index (χ0v) is 17.0. The Morgan fingerprint density at radius 1 is 1.12 bits per heavy atom. The first-order chi connectivity index (χ1) is 15.1. The lowest BCUT2D eigenvalue weighted by atomic mass is 9.88. The third-order valence-corrected chi connectivity index (χ3v) is 6.09. The number of hydrogen-bond donors (Lipinski definition) is 0. The first-order valence-corrected chi connectivity index (χ1v) is 10.1. The molecule has 0 spiro atoms. The number of alkyl halides is 4. The van der Waals surface area contributed by atoms with Crippen LogP contribution in [0.25, 0.3) is 0 Å². The van der Waals surface area contributed by atoms with Crippen molar-refractivity contribution in [2.24, 2.45) is 0 Å². The summed E-state index contributed by atoms with van der Waals surface area (Å²) in [5, 5.41) is 0. The molecular formula is C23H20F5NO3. The van der Waals surface area contributed by atoms with Crippen molar-refractivity contribution >= 4 is 11.7 Å². The Balaban J connectivity index is 1.64. The monoisotopic (exact) mass is 453 g/mol. The molecule has 2 aromatic rings. The van der Waals surface area contributed by atoms with Gasteiger partial charge in [-0.15, -0.1) is 0 Å². The van der Waals surface area contributed by atoms with E-state index < -0.39 is 60.1 Å². The van der Waals surface area contributed by atoms with E-state index >= 15 is 0 Å². The van der Waals surface area contributed by atoms with Crippen LogP contribution in [0.3, 0.4) is 0 Å². The van der Waals surface area contributed by atoms with Crippen molar-refractivity contribution in [1.29, 1.82) is 0 Å². The number of fused-ring (bicyclic) bond motifs is 1. The second kappa shape index (κ2) is 8.27. The topological polar surface area (TPSA) is 46.6 Å². The fraction of sp³-hybridized carbons (Fsp3) is 0.391. The van der Waals surface area contributed by atoms with Crippen LogP contribution in [-0.2, 0) is 27.2 Å². The number of nitrogens with zero attached hydrogens (tertiary/aromatic N) is 1. The number of ketones is 1. The van der Waals surface area contributed by atoms with Gasteiger partial charge in [0.15, 0.2) is 0 Å². The van der Waals surface area contributed by atoms with E-state index in [2.05, 4.69) is 0 Å². The number of amides is 1. The molecule has 0 unspecified atom stereocenters. The van der Waals surface area contributed by atoms with Crippen molar-refractivity contribution in [3.8, 4) is 0 Å². The van der Waals surface area contributed by atoms with Gasteiger partial charge in [0.1, 0.15) is 12.5 Å². The van der Waals surface area contributed by atoms with Gasteiger partial charge >= 0.3 is 6.18 Å². The van der Waals surface area contributed by atoms with E-state index in [1.54, 1.807) is 19.1 Å². The van der Waals surface area contributed by atoms with E-state index in [-0.39, 0.29) is 24.1 Å². The van der Waals surface area contributed by atoms with Crippen LogP contribution in [0.15, 0.2) is 42.5 Å². The standard InChI is InChI=1S/C23H20F5NO3/c1-12(15-6-13(10-24)7-16(8-15)23(26,27)28)32-20-11-29-18(9-19(30)22(29)31)21(20)14-2-4-17(25)5-3-14/h2-8,12,18,20-21H,9-11H2,1H3/t12-,18+,20+,21+/m1/s1. The number of rotatable bonds is 5. The second-order valence-electron chi connectivity index (χ2n) is 8.14. The number of carbonyl (C=O) groups excluding carboxylic acids is 2. The average Bonchev–Trinajstić information content (AvgIpc) is 3.23. The van der Waals surface area contributed by atoms with E-state index in [1.807, 2.05) is 0 Å². The molecule has 0 radical (unpaired) electrons. The smallest absolute Gasteiger partial charge is 0.368 e. The van der Waals surface area contributed by atoms with Gasteiger partial charge in [-0.1, -0.05) is 18.2 Å². The van der Waals surface area contributed by atoms with Crippen molar-refractivity contribution in [2.75, 3.05) is 6.54 Å². The summed E-state index contributed by atoms with van der Waals surface area (Å²) in [6, 6.07) is 8.13. The van der Waals surface area contributed by atoms with Gasteiger partial charge in [0, 0.05) is 24.9 Å². The minimum absolute atomic E-state index is 0.00925. The molecule has 32 heavy (non-hydrogen) atoms. The third-order valence-electron chi connectivity index (χ3n) is 6.09. The van der Waals surface area contributed by atoms with Gasteiger partial charge in [-0.05, 0) is 47.9 Å². The van der Waals surface area contributed by atoms with Crippen LogP contribution < -0.4 is 0 Å². The summed E-state index contributed by atoms with van der Waals surface area (Å²) in [5.41, 5.74) is -0.277. The summed E-state index contributed by atoms with van der Waals surface area (Å²) in [6.45, 7) is 0.573. The van der Waals surface area contributed by atoms with Gasteiger partial charge in [-0.3, -0.25) is 9.59 Å². The molecule has 0 saturated carbocycles. The van der Waals surface area contributed by atoms with Gasteiger partial charge in [-0.25, -0.2) is 8.78 Å². The van der Waals surface area contributed by atoms with Gasteiger partial charge < -0.3 is 9.64 Å². The van der Waals surface area contributed by atoms with Crippen LogP contribution >= 0.6 is 0 Å². The summed E-state index contributed by atoms with van der Waals surface area (Å²) < 4.78 is 72.4. The molecule has 2 heterocycles. The minimum Gasteiger partial charge on any atom is -0.368 e. The maximum absolute atomic E-state index is 13.4. The highest BCUT2D eigenvalue weighted by atomic mass is 19.4. The van der Waals surface area contributed by atoms with Crippen LogP contribution in [0.5, 0.6) is 0 Å². The van der Waals surface area contributed by atoms with Crippen molar-refractivity contribution in [1.82, 2.24) is 4.90 Å². The maximum atomic E-state index is 13.4. The number of halogens is 5. The van der Waals surface area contributed by atoms with Crippen LogP contribution in [0.4, 0.5) is 22.0 Å². The molecule has 4 atom stereocenters. The highest BCUT2D eigenvalue weighted by Gasteiger charge is 2.52. The molecular weight excluding hydrogens is 433 g/mol. The lowest BCUT2D eigenvalue weighted by Crippen LogP contribution is -2.31. The Bertz CT molecular complexity index is 1040. The predicted molar refractivity (Wildman–Crippen MR) is 104 cm³/mol. The van der Waals surface area contributed by atoms with E-state index in [9.17, 15) is 31.5 Å². The highest BCUT2D eigenvalue weighted by molar-refractivity contribution is 6.38. The number of benzene rings is 2. The number of carbonyl (C=O) groups is 2. The van der Waals surface area contributed by atoms with Crippen LogP contribution in [0.2, 0.25) is 0 Å². The SMILES string of the molecule is C[C@@H](O[C@H]1CN2C(=O)C(=O)C[C@H]2[C@@H]1c1ccc(F)cc1)c1cc(CF)cc(C(F)(F)F)c1. The Morgan fingerprint density at radius 2 is 1.81 bits per heavy atom. The summed E-state index contributed by atoms with van der Waals surface area (Å²) in [7, 11) is 0. The molecule has 2 aliphatic heterocycles. The Kier molecular flexibility index (Phi) is 5.79. The van der Waals surface area contributed by atoms with Gasteiger partial charge in [0.2, 0.25) is 5.78 Å². The first-order valence-electron chi connectivity index (χ1n) is 10.1. The normalized spacial score (nSPS) is 24.2. The van der Waals surface area contributed by atoms with Gasteiger partial charge in [-0.2, -0.15) is 13.2 Å². The van der Waals surface area contributed by atoms with Crippen LogP contribution in [0.1, 0.15) is 47.6 Å². The maximum Gasteiger partial charge on any atom is 0.416 e. The lowest BCUT2D eigenvalue weighted by Gasteiger charge is -2.26. The van der Waals surface area contributed by atoms with E-state index in [0.717, 1.165) is 12.1 Å². The van der Waals surface area contributed by atoms with Crippen LogP contribution in [0, 0.1) is 5.82 Å². The average molecular weight is 453 g/mol. The molecule has 0 aromatic heterocycles. The van der Waals surface area contributed by atoms with Gasteiger partial charge in [0.05, 0.1) is 17.8 Å². The fourth-order valence-corrected chi connectivity index (χ4v) is 4.58. The quantitative estimate of drug-likeness (QED) is 0.486. The zero-order chi connectivity index (χ0) is 23.2. The Morgan fingerprint density at radius 3 is 2.44 bits per heavy atom. The molecule has 2 fully saturated rings. The van der Waals surface area contributed by atoms with E-state index in [4.69, 9.17) is 4.74 Å². The molecule has 0 aliphatic carbocycles. The first kappa shape index (κ1) is 22.4.